The second-order valence-corrected chi connectivity index (χ2v) is 12.1. The van der Waals surface area contributed by atoms with E-state index in [9.17, 15) is 5.26 Å². The Balaban J connectivity index is 1.11. The van der Waals surface area contributed by atoms with Gasteiger partial charge in [-0.2, -0.15) is 5.26 Å². The summed E-state index contributed by atoms with van der Waals surface area (Å²) in [4.78, 5) is 5.58. The highest BCUT2D eigenvalue weighted by Gasteiger charge is 2.46. The zero-order valence-corrected chi connectivity index (χ0v) is 22.9. The Morgan fingerprint density at radius 1 is 0.775 bits per heavy atom. The van der Waals surface area contributed by atoms with E-state index in [1.165, 1.54) is 23.2 Å². The molecule has 6 unspecified atom stereocenters. The highest BCUT2D eigenvalue weighted by Crippen LogP contribution is 2.51. The number of benzene rings is 2. The van der Waals surface area contributed by atoms with Crippen molar-refractivity contribution in [3.63, 3.8) is 0 Å². The highest BCUT2D eigenvalue weighted by molar-refractivity contribution is 5.78. The second-order valence-electron chi connectivity index (χ2n) is 12.1. The predicted molar refractivity (Wildman–Crippen MR) is 163 cm³/mol. The molecule has 0 aromatic heterocycles. The lowest BCUT2D eigenvalue weighted by atomic mass is 9.84. The Labute approximate surface area is 237 Å². The summed E-state index contributed by atoms with van der Waals surface area (Å²) in [5.74, 6) is 1.10. The van der Waals surface area contributed by atoms with Gasteiger partial charge in [0.25, 0.3) is 0 Å². The van der Waals surface area contributed by atoms with E-state index in [0.29, 0.717) is 36.0 Å². The number of anilines is 1. The SMILES string of the molecule is N#Cc1ccccc1C1=CCC(N2C3=C(C=CC(N4c5ccccc5C5CC=CCC54)C3)C3C=CCCC32)C=C1. The summed E-state index contributed by atoms with van der Waals surface area (Å²) >= 11 is 0. The van der Waals surface area contributed by atoms with Crippen molar-refractivity contribution in [2.45, 2.75) is 68.6 Å². The maximum atomic E-state index is 9.64. The molecule has 40 heavy (non-hydrogen) atoms. The van der Waals surface area contributed by atoms with Crippen molar-refractivity contribution in [3.8, 4) is 6.07 Å². The minimum absolute atomic E-state index is 0.355. The van der Waals surface area contributed by atoms with Gasteiger partial charge in [0.2, 0.25) is 0 Å². The monoisotopic (exact) mass is 521 g/mol. The van der Waals surface area contributed by atoms with Crippen LogP contribution in [-0.4, -0.2) is 29.1 Å². The number of allylic oxidation sites excluding steroid dienone is 5. The van der Waals surface area contributed by atoms with Gasteiger partial charge in [-0.25, -0.2) is 0 Å². The number of nitrogens with zero attached hydrogens (tertiary/aromatic N) is 3. The topological polar surface area (TPSA) is 30.3 Å². The van der Waals surface area contributed by atoms with E-state index in [2.05, 4.69) is 101 Å². The van der Waals surface area contributed by atoms with Crippen molar-refractivity contribution < 1.29 is 0 Å². The third-order valence-electron chi connectivity index (χ3n) is 10.2. The molecule has 198 valence electrons. The lowest BCUT2D eigenvalue weighted by Gasteiger charge is -2.42. The second kappa shape index (κ2) is 9.56. The van der Waals surface area contributed by atoms with Gasteiger partial charge in [0.15, 0.2) is 0 Å². The molecule has 0 radical (unpaired) electrons. The molecule has 2 aromatic carbocycles. The fourth-order valence-electron chi connectivity index (χ4n) is 8.46. The zero-order chi connectivity index (χ0) is 26.6. The molecule has 6 atom stereocenters. The molecule has 3 nitrogen and oxygen atoms in total. The normalized spacial score (nSPS) is 31.4. The van der Waals surface area contributed by atoms with E-state index in [1.807, 2.05) is 18.2 Å². The van der Waals surface area contributed by atoms with E-state index in [4.69, 9.17) is 0 Å². The molecule has 0 saturated heterocycles. The first-order chi connectivity index (χ1) is 19.8. The first-order valence-electron chi connectivity index (χ1n) is 15.1. The van der Waals surface area contributed by atoms with Gasteiger partial charge >= 0.3 is 0 Å². The molecular weight excluding hydrogens is 486 g/mol. The Morgan fingerprint density at radius 3 is 2.52 bits per heavy atom. The molecule has 2 heterocycles. The lowest BCUT2D eigenvalue weighted by Crippen LogP contribution is -2.45. The number of hydrogen-bond donors (Lipinski definition) is 0. The smallest absolute Gasteiger partial charge is 0.0998 e. The Kier molecular flexibility index (Phi) is 5.69. The van der Waals surface area contributed by atoms with Crippen molar-refractivity contribution in [1.82, 2.24) is 4.90 Å². The molecule has 2 aromatic rings. The summed E-state index contributed by atoms with van der Waals surface area (Å²) in [6.45, 7) is 0. The molecule has 0 amide bonds. The van der Waals surface area contributed by atoms with Crippen LogP contribution in [-0.2, 0) is 0 Å². The van der Waals surface area contributed by atoms with Gasteiger partial charge in [-0.05, 0) is 66.5 Å². The zero-order valence-electron chi connectivity index (χ0n) is 22.9. The third-order valence-corrected chi connectivity index (χ3v) is 10.2. The fraction of sp³-hybridized carbons (Fsp3) is 0.324. The first kappa shape index (κ1) is 23.8. The van der Waals surface area contributed by atoms with Crippen molar-refractivity contribution >= 4 is 11.3 Å². The fourth-order valence-corrected chi connectivity index (χ4v) is 8.46. The predicted octanol–water partition coefficient (Wildman–Crippen LogP) is 7.83. The summed E-state index contributed by atoms with van der Waals surface area (Å²) in [5, 5.41) is 9.64. The van der Waals surface area contributed by atoms with Crippen molar-refractivity contribution in [1.29, 1.82) is 5.26 Å². The van der Waals surface area contributed by atoms with Gasteiger partial charge in [-0.15, -0.1) is 0 Å². The van der Waals surface area contributed by atoms with Gasteiger partial charge in [-0.1, -0.05) is 91.1 Å². The summed E-state index contributed by atoms with van der Waals surface area (Å²) in [6, 6.07) is 21.3. The Morgan fingerprint density at radius 2 is 1.62 bits per heavy atom. The largest absolute Gasteiger partial charge is 0.364 e. The number of para-hydroxylation sites is 1. The van der Waals surface area contributed by atoms with E-state index in [1.54, 1.807) is 11.3 Å². The Bertz CT molecular complexity index is 1580. The number of nitriles is 1. The van der Waals surface area contributed by atoms with E-state index in [-0.39, 0.29) is 0 Å². The molecule has 2 aliphatic heterocycles. The van der Waals surface area contributed by atoms with Crippen LogP contribution in [0.4, 0.5) is 5.69 Å². The molecular formula is C37H35N3. The minimum Gasteiger partial charge on any atom is -0.364 e. The summed E-state index contributed by atoms with van der Waals surface area (Å²) in [5.41, 5.74) is 9.06. The van der Waals surface area contributed by atoms with Crippen molar-refractivity contribution in [3.05, 3.63) is 131 Å². The summed E-state index contributed by atoms with van der Waals surface area (Å²) < 4.78 is 0. The Hall–Kier alpha value is -4.03. The van der Waals surface area contributed by atoms with Crippen LogP contribution in [0.1, 0.15) is 61.1 Å². The molecule has 0 saturated carbocycles. The molecule has 4 aliphatic carbocycles. The van der Waals surface area contributed by atoms with E-state index < -0.39 is 0 Å². The molecule has 0 bridgehead atoms. The summed E-state index contributed by atoms with van der Waals surface area (Å²) in [7, 11) is 0. The molecule has 0 fully saturated rings. The third kappa shape index (κ3) is 3.62. The number of rotatable bonds is 3. The standard InChI is InChI=1S/C37H35N3/c38-24-26-9-1-2-10-29(26)25-17-19-27(20-18-25)39-34-14-6-5-13-32(34)33-22-21-28(23-37(33)39)40-35-15-7-3-11-30(35)31-12-4-8-16-36(31)40/h1-5,7-11,13,15,17-19,21-22,27-28,31-32,34,36H,6,12,14,16,20,23H2. The molecule has 0 spiro atoms. The highest BCUT2D eigenvalue weighted by atomic mass is 15.3. The van der Waals surface area contributed by atoms with Gasteiger partial charge in [-0.3, -0.25) is 0 Å². The molecule has 8 rings (SSSR count). The van der Waals surface area contributed by atoms with Gasteiger partial charge in [0, 0.05) is 41.7 Å². The van der Waals surface area contributed by atoms with Crippen molar-refractivity contribution in [2.75, 3.05) is 4.90 Å². The van der Waals surface area contributed by atoms with Crippen LogP contribution in [0.25, 0.3) is 5.57 Å². The maximum absolute atomic E-state index is 9.64. The lowest BCUT2D eigenvalue weighted by molar-refractivity contribution is 0.194. The van der Waals surface area contributed by atoms with Gasteiger partial charge in [0.05, 0.1) is 23.7 Å². The minimum atomic E-state index is 0.355. The van der Waals surface area contributed by atoms with Crippen LogP contribution < -0.4 is 4.90 Å². The van der Waals surface area contributed by atoms with Gasteiger partial charge < -0.3 is 9.80 Å². The molecule has 6 aliphatic rings. The van der Waals surface area contributed by atoms with E-state index >= 15 is 0 Å². The van der Waals surface area contributed by atoms with Crippen LogP contribution in [0.2, 0.25) is 0 Å². The number of fused-ring (bicyclic) bond motifs is 5. The maximum Gasteiger partial charge on any atom is 0.0998 e. The average Bonchev–Trinajstić information content (AvgIpc) is 3.54. The van der Waals surface area contributed by atoms with Crippen LogP contribution in [0.15, 0.2) is 114 Å². The van der Waals surface area contributed by atoms with Crippen LogP contribution >= 0.6 is 0 Å². The van der Waals surface area contributed by atoms with Crippen molar-refractivity contribution in [2.24, 2.45) is 5.92 Å². The van der Waals surface area contributed by atoms with Crippen LogP contribution in [0, 0.1) is 17.2 Å². The summed E-state index contributed by atoms with van der Waals surface area (Å²) in [6.07, 6.45) is 28.4. The van der Waals surface area contributed by atoms with E-state index in [0.717, 1.165) is 43.2 Å². The quantitative estimate of drug-likeness (QED) is 0.386. The van der Waals surface area contributed by atoms with Gasteiger partial charge in [0.1, 0.15) is 0 Å². The molecule has 0 N–H and O–H groups in total. The number of hydrogen-bond acceptors (Lipinski definition) is 3. The van der Waals surface area contributed by atoms with Crippen LogP contribution in [0.3, 0.4) is 0 Å². The molecule has 3 heteroatoms. The van der Waals surface area contributed by atoms with Crippen LogP contribution in [0.5, 0.6) is 0 Å². The average molecular weight is 522 g/mol. The first-order valence-corrected chi connectivity index (χ1v) is 15.1.